The lowest BCUT2D eigenvalue weighted by molar-refractivity contribution is 1.52. The first-order valence-corrected chi connectivity index (χ1v) is 8.31. The molecule has 1 heteroatoms. The van der Waals surface area contributed by atoms with Crippen molar-refractivity contribution in [2.24, 2.45) is 0 Å². The summed E-state index contributed by atoms with van der Waals surface area (Å²) in [6.07, 6.45) is 12.7. The van der Waals surface area contributed by atoms with Crippen LogP contribution in [0.1, 0.15) is 37.5 Å². The third-order valence-corrected chi connectivity index (χ3v) is 4.15. The van der Waals surface area contributed by atoms with E-state index in [2.05, 4.69) is 103 Å². The van der Waals surface area contributed by atoms with Crippen LogP contribution in [0.2, 0.25) is 0 Å². The second-order valence-electron chi connectivity index (χ2n) is 5.05. The van der Waals surface area contributed by atoms with Crippen LogP contribution in [0.4, 0.5) is 0 Å². The molecule has 0 spiro atoms. The Morgan fingerprint density at radius 3 is 1.95 bits per heavy atom. The minimum absolute atomic E-state index is 1.11. The highest BCUT2D eigenvalue weighted by atomic mass is 79.9. The molecule has 0 aliphatic rings. The van der Waals surface area contributed by atoms with E-state index in [0.717, 1.165) is 4.47 Å². The molecule has 0 amide bonds. The summed E-state index contributed by atoms with van der Waals surface area (Å²) in [6.45, 7) is 6.14. The third-order valence-electron chi connectivity index (χ3n) is 3.46. The van der Waals surface area contributed by atoms with Crippen molar-refractivity contribution in [3.8, 4) is 11.1 Å². The second-order valence-corrected chi connectivity index (χ2v) is 5.90. The van der Waals surface area contributed by atoms with Crippen LogP contribution in [0.5, 0.6) is 0 Å². The molecule has 22 heavy (non-hydrogen) atoms. The predicted octanol–water partition coefficient (Wildman–Crippen LogP) is 7.22. The van der Waals surface area contributed by atoms with E-state index >= 15 is 0 Å². The SMILES string of the molecule is C/C=C/c1cc(/C=C/C)c(-c2ccccc2/C=C/C)cc1Br. The first kappa shape index (κ1) is 16.5. The summed E-state index contributed by atoms with van der Waals surface area (Å²) in [4.78, 5) is 0. The Morgan fingerprint density at radius 1 is 0.682 bits per heavy atom. The smallest absolute Gasteiger partial charge is 0.0254 e. The third kappa shape index (κ3) is 3.66. The number of allylic oxidation sites excluding steroid dienone is 3. The largest absolute Gasteiger partial charge is 0.0870 e. The van der Waals surface area contributed by atoms with Gasteiger partial charge in [-0.05, 0) is 60.7 Å². The molecule has 0 aliphatic carbocycles. The fourth-order valence-electron chi connectivity index (χ4n) is 2.53. The van der Waals surface area contributed by atoms with Crippen LogP contribution in [-0.2, 0) is 0 Å². The molecule has 2 aromatic carbocycles. The molecule has 0 unspecified atom stereocenters. The summed E-state index contributed by atoms with van der Waals surface area (Å²) in [5, 5.41) is 0. The Labute approximate surface area is 142 Å². The molecule has 0 nitrogen and oxygen atoms in total. The van der Waals surface area contributed by atoms with Gasteiger partial charge in [0, 0.05) is 4.47 Å². The van der Waals surface area contributed by atoms with E-state index in [0.29, 0.717) is 0 Å². The Bertz CT molecular complexity index is 734. The molecular weight excluding hydrogens is 332 g/mol. The Kier molecular flexibility index (Phi) is 5.97. The van der Waals surface area contributed by atoms with Gasteiger partial charge in [0.05, 0.1) is 0 Å². The monoisotopic (exact) mass is 352 g/mol. The molecule has 2 rings (SSSR count). The van der Waals surface area contributed by atoms with Crippen molar-refractivity contribution >= 4 is 34.2 Å². The lowest BCUT2D eigenvalue weighted by Gasteiger charge is -2.13. The zero-order valence-electron chi connectivity index (χ0n) is 13.3. The molecule has 2 aromatic rings. The van der Waals surface area contributed by atoms with Crippen LogP contribution in [0.25, 0.3) is 29.4 Å². The van der Waals surface area contributed by atoms with Crippen molar-refractivity contribution in [2.45, 2.75) is 20.8 Å². The van der Waals surface area contributed by atoms with Gasteiger partial charge in [0.15, 0.2) is 0 Å². The van der Waals surface area contributed by atoms with E-state index in [1.807, 2.05) is 6.92 Å². The maximum Gasteiger partial charge on any atom is 0.0254 e. The molecule has 0 saturated heterocycles. The summed E-state index contributed by atoms with van der Waals surface area (Å²) in [5.41, 5.74) is 6.16. The average Bonchev–Trinajstić information content (AvgIpc) is 2.52. The number of hydrogen-bond donors (Lipinski definition) is 0. The highest BCUT2D eigenvalue weighted by Crippen LogP contribution is 2.34. The fraction of sp³-hybridized carbons (Fsp3) is 0.143. The zero-order valence-corrected chi connectivity index (χ0v) is 14.9. The van der Waals surface area contributed by atoms with E-state index in [4.69, 9.17) is 0 Å². The first-order chi connectivity index (χ1) is 10.7. The minimum Gasteiger partial charge on any atom is -0.0870 e. The summed E-state index contributed by atoms with van der Waals surface area (Å²) >= 11 is 3.70. The van der Waals surface area contributed by atoms with Crippen molar-refractivity contribution in [1.29, 1.82) is 0 Å². The van der Waals surface area contributed by atoms with Crippen molar-refractivity contribution < 1.29 is 0 Å². The molecule has 0 fully saturated rings. The molecule has 0 aliphatic heterocycles. The Hall–Kier alpha value is -1.86. The maximum absolute atomic E-state index is 3.70. The first-order valence-electron chi connectivity index (χ1n) is 7.52. The molecule has 0 heterocycles. The van der Waals surface area contributed by atoms with Crippen LogP contribution in [0, 0.1) is 0 Å². The van der Waals surface area contributed by atoms with Gasteiger partial charge in [-0.1, -0.05) is 76.7 Å². The molecule has 0 N–H and O–H groups in total. The van der Waals surface area contributed by atoms with Crippen molar-refractivity contribution in [3.05, 3.63) is 75.8 Å². The van der Waals surface area contributed by atoms with Gasteiger partial charge >= 0.3 is 0 Å². The molecule has 0 radical (unpaired) electrons. The average molecular weight is 353 g/mol. The normalized spacial score (nSPS) is 12.0. The van der Waals surface area contributed by atoms with Crippen LogP contribution < -0.4 is 0 Å². The van der Waals surface area contributed by atoms with Crippen LogP contribution in [-0.4, -0.2) is 0 Å². The number of halogens is 1. The quantitative estimate of drug-likeness (QED) is 0.544. The lowest BCUT2D eigenvalue weighted by atomic mass is 9.93. The highest BCUT2D eigenvalue weighted by Gasteiger charge is 2.09. The van der Waals surface area contributed by atoms with Gasteiger partial charge in [-0.2, -0.15) is 0 Å². The zero-order chi connectivity index (χ0) is 15.9. The minimum atomic E-state index is 1.11. The molecule has 112 valence electrons. The molecule has 0 saturated carbocycles. The summed E-state index contributed by atoms with van der Waals surface area (Å²) in [6, 6.07) is 13.0. The van der Waals surface area contributed by atoms with Crippen molar-refractivity contribution in [2.75, 3.05) is 0 Å². The Balaban J connectivity index is 2.72. The van der Waals surface area contributed by atoms with Gasteiger partial charge in [-0.25, -0.2) is 0 Å². The van der Waals surface area contributed by atoms with Crippen LogP contribution in [0.3, 0.4) is 0 Å². The topological polar surface area (TPSA) is 0 Å². The predicted molar refractivity (Wildman–Crippen MR) is 104 cm³/mol. The van der Waals surface area contributed by atoms with Gasteiger partial charge in [-0.3, -0.25) is 0 Å². The van der Waals surface area contributed by atoms with Gasteiger partial charge < -0.3 is 0 Å². The number of rotatable bonds is 4. The van der Waals surface area contributed by atoms with Gasteiger partial charge in [0.1, 0.15) is 0 Å². The van der Waals surface area contributed by atoms with E-state index in [1.165, 1.54) is 27.8 Å². The summed E-state index contributed by atoms with van der Waals surface area (Å²) in [7, 11) is 0. The van der Waals surface area contributed by atoms with Gasteiger partial charge in [-0.15, -0.1) is 0 Å². The van der Waals surface area contributed by atoms with Gasteiger partial charge in [0.25, 0.3) is 0 Å². The van der Waals surface area contributed by atoms with Crippen molar-refractivity contribution in [1.82, 2.24) is 0 Å². The maximum atomic E-state index is 3.70. The van der Waals surface area contributed by atoms with E-state index in [9.17, 15) is 0 Å². The Morgan fingerprint density at radius 2 is 1.27 bits per heavy atom. The molecular formula is C21H21Br. The molecule has 0 aromatic heterocycles. The van der Waals surface area contributed by atoms with E-state index in [-0.39, 0.29) is 0 Å². The van der Waals surface area contributed by atoms with E-state index in [1.54, 1.807) is 0 Å². The second kappa shape index (κ2) is 7.95. The van der Waals surface area contributed by atoms with Crippen LogP contribution >= 0.6 is 15.9 Å². The molecule has 0 bridgehead atoms. The standard InChI is InChI=1S/C21H21Br/c1-4-9-16-12-7-8-13-19(16)20-15-21(22)18(11-6-3)14-17(20)10-5-2/h4-15H,1-3H3/b9-4+,10-5+,11-6+. The highest BCUT2D eigenvalue weighted by molar-refractivity contribution is 9.10. The fourth-order valence-corrected chi connectivity index (χ4v) is 3.01. The number of hydrogen-bond acceptors (Lipinski definition) is 0. The van der Waals surface area contributed by atoms with Gasteiger partial charge in [0.2, 0.25) is 0 Å². The molecule has 0 atom stereocenters. The summed E-state index contributed by atoms with van der Waals surface area (Å²) < 4.78 is 1.11. The van der Waals surface area contributed by atoms with E-state index < -0.39 is 0 Å². The summed E-state index contributed by atoms with van der Waals surface area (Å²) in [5.74, 6) is 0. The number of benzene rings is 2. The lowest BCUT2D eigenvalue weighted by Crippen LogP contribution is -1.90. The van der Waals surface area contributed by atoms with Crippen LogP contribution in [0.15, 0.2) is 59.1 Å². The van der Waals surface area contributed by atoms with Crippen molar-refractivity contribution in [3.63, 3.8) is 0 Å².